The van der Waals surface area contributed by atoms with Crippen molar-refractivity contribution in [2.45, 2.75) is 32.7 Å². The molecule has 0 radical (unpaired) electrons. The lowest BCUT2D eigenvalue weighted by Crippen LogP contribution is -2.18. The summed E-state index contributed by atoms with van der Waals surface area (Å²) >= 11 is 3.15. The molecule has 0 aliphatic carbocycles. The Morgan fingerprint density at radius 2 is 1.84 bits per heavy atom. The van der Waals surface area contributed by atoms with Crippen LogP contribution in [0.25, 0.3) is 0 Å². The van der Waals surface area contributed by atoms with Gasteiger partial charge in [0, 0.05) is 10.5 Å². The van der Waals surface area contributed by atoms with Crippen molar-refractivity contribution in [3.8, 4) is 5.75 Å². The van der Waals surface area contributed by atoms with E-state index >= 15 is 0 Å². The van der Waals surface area contributed by atoms with Gasteiger partial charge in [-0.05, 0) is 36.1 Å². The smallest absolute Gasteiger partial charge is 0.406 e. The average molecular weight is 363 g/mol. The molecule has 7 heteroatoms. The third-order valence-corrected chi connectivity index (χ3v) is 2.74. The molecule has 1 atom stereocenters. The zero-order chi connectivity index (χ0) is 13.9. The molecule has 1 rings (SSSR count). The minimum Gasteiger partial charge on any atom is -0.406 e. The van der Waals surface area contributed by atoms with E-state index in [1.54, 1.807) is 6.07 Å². The largest absolute Gasteiger partial charge is 0.573 e. The predicted octanol–water partition coefficient (Wildman–Crippen LogP) is 4.82. The summed E-state index contributed by atoms with van der Waals surface area (Å²) in [5, 5.41) is 0. The summed E-state index contributed by atoms with van der Waals surface area (Å²) in [5.74, 6) is 0.108. The number of rotatable bonds is 4. The van der Waals surface area contributed by atoms with Crippen LogP contribution in [0.2, 0.25) is 0 Å². The van der Waals surface area contributed by atoms with Crippen molar-refractivity contribution in [3.05, 3.63) is 28.2 Å². The van der Waals surface area contributed by atoms with Gasteiger partial charge in [-0.15, -0.1) is 25.6 Å². The lowest BCUT2D eigenvalue weighted by atomic mass is 9.98. The summed E-state index contributed by atoms with van der Waals surface area (Å²) in [6, 6.07) is 3.98. The number of hydrogen-bond acceptors (Lipinski definition) is 2. The molecule has 0 aromatic heterocycles. The van der Waals surface area contributed by atoms with Gasteiger partial charge in [0.05, 0.1) is 0 Å². The predicted molar refractivity (Wildman–Crippen MR) is 74.5 cm³/mol. The van der Waals surface area contributed by atoms with Crippen LogP contribution < -0.4 is 10.5 Å². The van der Waals surface area contributed by atoms with E-state index in [0.717, 1.165) is 0 Å². The average Bonchev–Trinajstić information content (AvgIpc) is 2.12. The molecule has 0 amide bonds. The van der Waals surface area contributed by atoms with Gasteiger partial charge in [-0.2, -0.15) is 0 Å². The Hall–Kier alpha value is -0.460. The zero-order valence-electron chi connectivity index (χ0n) is 10.5. The normalized spacial score (nSPS) is 13.1. The van der Waals surface area contributed by atoms with Crippen LogP contribution in [0, 0.1) is 5.92 Å². The standard InChI is InChI=1S/C12H15BrF3NO.ClH/c1-7(2)3-11(17)8-4-9(13)6-10(5-8)18-12(14,15)16;/h4-7,11H,3,17H2,1-2H3;1H/t11-;/m0./s1. The number of alkyl halides is 3. The minimum absolute atomic E-state index is 0. The van der Waals surface area contributed by atoms with E-state index in [1.165, 1.54) is 12.1 Å². The first-order valence-electron chi connectivity index (χ1n) is 5.49. The van der Waals surface area contributed by atoms with E-state index in [-0.39, 0.29) is 24.2 Å². The number of hydrogen-bond donors (Lipinski definition) is 1. The molecule has 0 aliphatic rings. The maximum absolute atomic E-state index is 12.1. The fourth-order valence-electron chi connectivity index (χ4n) is 1.63. The molecule has 0 saturated carbocycles. The van der Waals surface area contributed by atoms with Crippen LogP contribution in [0.1, 0.15) is 31.9 Å². The number of halogens is 5. The molecule has 0 fully saturated rings. The fourth-order valence-corrected chi connectivity index (χ4v) is 2.12. The van der Waals surface area contributed by atoms with Crippen LogP contribution in [0.4, 0.5) is 13.2 Å². The first-order chi connectivity index (χ1) is 8.17. The maximum Gasteiger partial charge on any atom is 0.573 e. The zero-order valence-corrected chi connectivity index (χ0v) is 12.9. The van der Waals surface area contributed by atoms with Crippen LogP contribution in [0.15, 0.2) is 22.7 Å². The highest BCUT2D eigenvalue weighted by atomic mass is 79.9. The Labute approximate surface area is 125 Å². The first-order valence-corrected chi connectivity index (χ1v) is 6.28. The molecule has 0 bridgehead atoms. The second-order valence-corrected chi connectivity index (χ2v) is 5.42. The van der Waals surface area contributed by atoms with Crippen molar-refractivity contribution in [1.29, 1.82) is 0 Å². The Morgan fingerprint density at radius 3 is 2.32 bits per heavy atom. The van der Waals surface area contributed by atoms with Crippen molar-refractivity contribution < 1.29 is 17.9 Å². The van der Waals surface area contributed by atoms with Crippen molar-refractivity contribution in [1.82, 2.24) is 0 Å². The summed E-state index contributed by atoms with van der Waals surface area (Å²) in [4.78, 5) is 0. The van der Waals surface area contributed by atoms with Gasteiger partial charge in [-0.1, -0.05) is 29.8 Å². The first kappa shape index (κ1) is 18.5. The minimum atomic E-state index is -4.69. The molecule has 0 unspecified atom stereocenters. The van der Waals surface area contributed by atoms with Gasteiger partial charge in [0.25, 0.3) is 0 Å². The van der Waals surface area contributed by atoms with Gasteiger partial charge < -0.3 is 10.5 Å². The highest BCUT2D eigenvalue weighted by Gasteiger charge is 2.31. The van der Waals surface area contributed by atoms with Crippen LogP contribution in [0.3, 0.4) is 0 Å². The van der Waals surface area contributed by atoms with E-state index in [1.807, 2.05) is 13.8 Å². The summed E-state index contributed by atoms with van der Waals surface area (Å²) in [6.45, 7) is 4.01. The summed E-state index contributed by atoms with van der Waals surface area (Å²) < 4.78 is 40.8. The van der Waals surface area contributed by atoms with Gasteiger partial charge in [0.1, 0.15) is 5.75 Å². The number of benzene rings is 1. The van der Waals surface area contributed by atoms with Gasteiger partial charge in [-0.25, -0.2) is 0 Å². The van der Waals surface area contributed by atoms with Crippen LogP contribution in [-0.2, 0) is 0 Å². The lowest BCUT2D eigenvalue weighted by molar-refractivity contribution is -0.274. The van der Waals surface area contributed by atoms with Gasteiger partial charge in [0.15, 0.2) is 0 Å². The second-order valence-electron chi connectivity index (χ2n) is 4.50. The second kappa shape index (κ2) is 7.36. The van der Waals surface area contributed by atoms with Crippen molar-refractivity contribution in [2.24, 2.45) is 11.7 Å². The van der Waals surface area contributed by atoms with Crippen molar-refractivity contribution >= 4 is 28.3 Å². The molecule has 0 spiro atoms. The molecule has 110 valence electrons. The third kappa shape index (κ3) is 7.03. The molecule has 0 aliphatic heterocycles. The van der Waals surface area contributed by atoms with E-state index in [9.17, 15) is 13.2 Å². The van der Waals surface area contributed by atoms with Gasteiger partial charge in [-0.3, -0.25) is 0 Å². The summed E-state index contributed by atoms with van der Waals surface area (Å²) in [6.07, 6.45) is -4.00. The quantitative estimate of drug-likeness (QED) is 0.834. The van der Waals surface area contributed by atoms with Crippen LogP contribution in [-0.4, -0.2) is 6.36 Å². The molecular weight excluding hydrogens is 346 g/mol. The Morgan fingerprint density at radius 1 is 1.26 bits per heavy atom. The van der Waals surface area contributed by atoms with Gasteiger partial charge in [0.2, 0.25) is 0 Å². The highest BCUT2D eigenvalue weighted by molar-refractivity contribution is 9.10. The van der Waals surface area contributed by atoms with Crippen LogP contribution >= 0.6 is 28.3 Å². The molecule has 0 saturated heterocycles. The Kier molecular flexibility index (Phi) is 7.18. The molecule has 0 heterocycles. The molecular formula is C12H16BrClF3NO. The van der Waals surface area contributed by atoms with E-state index in [2.05, 4.69) is 20.7 Å². The lowest BCUT2D eigenvalue weighted by Gasteiger charge is -2.17. The molecule has 1 aromatic rings. The molecule has 19 heavy (non-hydrogen) atoms. The monoisotopic (exact) mass is 361 g/mol. The Bertz CT molecular complexity index is 412. The third-order valence-electron chi connectivity index (χ3n) is 2.28. The SMILES string of the molecule is CC(C)C[C@H](N)c1cc(Br)cc(OC(F)(F)F)c1.Cl. The molecule has 1 aromatic carbocycles. The molecule has 2 N–H and O–H groups in total. The van der Waals surface area contributed by atoms with Gasteiger partial charge >= 0.3 is 6.36 Å². The Balaban J connectivity index is 0.00000324. The number of ether oxygens (including phenoxy) is 1. The summed E-state index contributed by atoms with van der Waals surface area (Å²) in [5.41, 5.74) is 6.56. The highest BCUT2D eigenvalue weighted by Crippen LogP contribution is 2.30. The summed E-state index contributed by atoms with van der Waals surface area (Å²) in [7, 11) is 0. The fraction of sp³-hybridized carbons (Fsp3) is 0.500. The maximum atomic E-state index is 12.1. The van der Waals surface area contributed by atoms with E-state index in [4.69, 9.17) is 5.73 Å². The molecule has 2 nitrogen and oxygen atoms in total. The number of nitrogens with two attached hydrogens (primary N) is 1. The van der Waals surface area contributed by atoms with Crippen molar-refractivity contribution in [3.63, 3.8) is 0 Å². The van der Waals surface area contributed by atoms with E-state index < -0.39 is 6.36 Å². The van der Waals surface area contributed by atoms with Crippen molar-refractivity contribution in [2.75, 3.05) is 0 Å². The topological polar surface area (TPSA) is 35.2 Å². The van der Waals surface area contributed by atoms with E-state index in [0.29, 0.717) is 22.4 Å². The van der Waals surface area contributed by atoms with Crippen LogP contribution in [0.5, 0.6) is 5.75 Å².